The molecule has 1 amide bonds. The largest absolute Gasteiger partial charge is 0.497 e. The van der Waals surface area contributed by atoms with E-state index in [4.69, 9.17) is 13.9 Å². The highest BCUT2D eigenvalue weighted by Gasteiger charge is 2.13. The van der Waals surface area contributed by atoms with Gasteiger partial charge in [0.1, 0.15) is 17.1 Å². The van der Waals surface area contributed by atoms with Crippen LogP contribution in [-0.2, 0) is 0 Å². The van der Waals surface area contributed by atoms with Crippen LogP contribution >= 0.6 is 0 Å². The number of carbonyl (C=O) groups is 1. The van der Waals surface area contributed by atoms with Gasteiger partial charge in [0.15, 0.2) is 11.2 Å². The Kier molecular flexibility index (Phi) is 4.20. The number of hydrogen-bond acceptors (Lipinski definition) is 5. The third-order valence-corrected chi connectivity index (χ3v) is 3.49. The molecule has 0 unspecified atom stereocenters. The molecule has 24 heavy (non-hydrogen) atoms. The first-order valence-corrected chi connectivity index (χ1v) is 7.18. The van der Waals surface area contributed by atoms with Gasteiger partial charge in [0.2, 0.25) is 0 Å². The quantitative estimate of drug-likeness (QED) is 0.797. The molecular weight excluding hydrogens is 310 g/mol. The third kappa shape index (κ3) is 3.08. The van der Waals surface area contributed by atoms with Gasteiger partial charge in [0.25, 0.3) is 5.91 Å². The summed E-state index contributed by atoms with van der Waals surface area (Å²) < 4.78 is 15.8. The predicted octanol–water partition coefficient (Wildman–Crippen LogP) is 3.06. The zero-order valence-corrected chi connectivity index (χ0v) is 13.2. The molecule has 1 aromatic heterocycles. The molecule has 6 heteroatoms. The Hall–Kier alpha value is -3.28. The van der Waals surface area contributed by atoms with E-state index in [1.165, 1.54) is 20.3 Å². The highest BCUT2D eigenvalue weighted by atomic mass is 16.5. The van der Waals surface area contributed by atoms with Crippen molar-refractivity contribution in [3.05, 3.63) is 64.5 Å². The average Bonchev–Trinajstić information content (AvgIpc) is 2.61. The molecule has 0 bridgehead atoms. The predicted molar refractivity (Wildman–Crippen MR) is 90.0 cm³/mol. The van der Waals surface area contributed by atoms with Crippen LogP contribution in [0.2, 0.25) is 0 Å². The Balaban J connectivity index is 1.95. The van der Waals surface area contributed by atoms with Gasteiger partial charge in [-0.1, -0.05) is 6.07 Å². The van der Waals surface area contributed by atoms with Crippen LogP contribution in [0, 0.1) is 0 Å². The second-order valence-electron chi connectivity index (χ2n) is 5.02. The second-order valence-corrected chi connectivity index (χ2v) is 5.02. The summed E-state index contributed by atoms with van der Waals surface area (Å²) in [6.07, 6.45) is 0. The first-order chi connectivity index (χ1) is 11.6. The summed E-state index contributed by atoms with van der Waals surface area (Å²) in [5.41, 5.74) is 0.528. The monoisotopic (exact) mass is 325 g/mol. The lowest BCUT2D eigenvalue weighted by Gasteiger charge is -2.07. The molecule has 6 nitrogen and oxygen atoms in total. The van der Waals surface area contributed by atoms with E-state index in [0.29, 0.717) is 22.6 Å². The molecule has 3 rings (SSSR count). The minimum Gasteiger partial charge on any atom is -0.497 e. The lowest BCUT2D eigenvalue weighted by atomic mass is 10.2. The molecule has 0 saturated heterocycles. The molecule has 122 valence electrons. The van der Waals surface area contributed by atoms with Gasteiger partial charge < -0.3 is 19.2 Å². The lowest BCUT2D eigenvalue weighted by molar-refractivity contribution is 0.0997. The van der Waals surface area contributed by atoms with Crippen LogP contribution in [0.15, 0.2) is 57.7 Å². The summed E-state index contributed by atoms with van der Waals surface area (Å²) >= 11 is 0. The normalized spacial score (nSPS) is 10.4. The number of carbonyl (C=O) groups excluding carboxylic acids is 1. The number of methoxy groups -OCH3 is 2. The van der Waals surface area contributed by atoms with Crippen molar-refractivity contribution < 1.29 is 18.7 Å². The van der Waals surface area contributed by atoms with Gasteiger partial charge in [-0.05, 0) is 24.3 Å². The van der Waals surface area contributed by atoms with Crippen molar-refractivity contribution in [2.24, 2.45) is 0 Å². The van der Waals surface area contributed by atoms with Crippen LogP contribution < -0.4 is 20.2 Å². The molecule has 0 spiro atoms. The van der Waals surface area contributed by atoms with Gasteiger partial charge in [-0.3, -0.25) is 9.59 Å². The molecule has 2 aromatic carbocycles. The number of amides is 1. The maximum absolute atomic E-state index is 12.3. The molecule has 0 aliphatic rings. The van der Waals surface area contributed by atoms with Crippen molar-refractivity contribution in [2.45, 2.75) is 0 Å². The van der Waals surface area contributed by atoms with Crippen LogP contribution in [0.4, 0.5) is 5.69 Å². The smallest absolute Gasteiger partial charge is 0.291 e. The molecule has 0 radical (unpaired) electrons. The molecule has 3 aromatic rings. The highest BCUT2D eigenvalue weighted by Crippen LogP contribution is 2.21. The average molecular weight is 325 g/mol. The summed E-state index contributed by atoms with van der Waals surface area (Å²) in [6.45, 7) is 0. The van der Waals surface area contributed by atoms with Crippen molar-refractivity contribution in [2.75, 3.05) is 19.5 Å². The second kappa shape index (κ2) is 6.45. The van der Waals surface area contributed by atoms with Crippen LogP contribution in [0.3, 0.4) is 0 Å². The van der Waals surface area contributed by atoms with Crippen LogP contribution in [0.25, 0.3) is 11.0 Å². The maximum Gasteiger partial charge on any atom is 0.291 e. The summed E-state index contributed by atoms with van der Waals surface area (Å²) in [6, 6.07) is 12.9. The fourth-order valence-corrected chi connectivity index (χ4v) is 2.27. The molecule has 0 atom stereocenters. The molecule has 0 saturated carbocycles. The Bertz CT molecular complexity index is 961. The fraction of sp³-hybridized carbons (Fsp3) is 0.111. The zero-order chi connectivity index (χ0) is 17.1. The van der Waals surface area contributed by atoms with Gasteiger partial charge in [-0.2, -0.15) is 0 Å². The van der Waals surface area contributed by atoms with E-state index < -0.39 is 5.91 Å². The van der Waals surface area contributed by atoms with E-state index in [0.717, 1.165) is 0 Å². The number of benzene rings is 2. The van der Waals surface area contributed by atoms with E-state index >= 15 is 0 Å². The van der Waals surface area contributed by atoms with E-state index in [2.05, 4.69) is 5.32 Å². The van der Waals surface area contributed by atoms with Gasteiger partial charge >= 0.3 is 0 Å². The minimum atomic E-state index is -0.523. The molecule has 1 N–H and O–H groups in total. The summed E-state index contributed by atoms with van der Waals surface area (Å²) in [4.78, 5) is 24.5. The van der Waals surface area contributed by atoms with E-state index in [1.807, 2.05) is 0 Å². The molecule has 0 fully saturated rings. The van der Waals surface area contributed by atoms with Gasteiger partial charge in [-0.15, -0.1) is 0 Å². The Morgan fingerprint density at radius 1 is 1.00 bits per heavy atom. The number of rotatable bonds is 4. The fourth-order valence-electron chi connectivity index (χ4n) is 2.27. The van der Waals surface area contributed by atoms with Crippen molar-refractivity contribution in [1.29, 1.82) is 0 Å². The summed E-state index contributed by atoms with van der Waals surface area (Å²) in [5, 5.41) is 3.05. The van der Waals surface area contributed by atoms with Crippen LogP contribution in [0.1, 0.15) is 10.6 Å². The topological polar surface area (TPSA) is 77.8 Å². The zero-order valence-electron chi connectivity index (χ0n) is 13.2. The SMILES string of the molecule is COc1cccc(NC(=O)c2cc(=O)c3ccc(OC)cc3o2)c1. The first kappa shape index (κ1) is 15.6. The number of nitrogens with one attached hydrogen (secondary N) is 1. The number of anilines is 1. The van der Waals surface area contributed by atoms with Crippen molar-refractivity contribution in [3.63, 3.8) is 0 Å². The van der Waals surface area contributed by atoms with Crippen LogP contribution in [-0.4, -0.2) is 20.1 Å². The van der Waals surface area contributed by atoms with E-state index in [1.54, 1.807) is 42.5 Å². The molecular formula is C18H15NO5. The van der Waals surface area contributed by atoms with E-state index in [9.17, 15) is 9.59 Å². The highest BCUT2D eigenvalue weighted by molar-refractivity contribution is 6.03. The minimum absolute atomic E-state index is 0.0800. The number of ether oxygens (including phenoxy) is 2. The standard InChI is InChI=1S/C18H15NO5/c1-22-12-5-3-4-11(8-12)19-18(21)17-10-15(20)14-7-6-13(23-2)9-16(14)24-17/h3-10H,1-2H3,(H,19,21). The number of hydrogen-bond donors (Lipinski definition) is 1. The van der Waals surface area contributed by atoms with Crippen molar-refractivity contribution >= 4 is 22.6 Å². The van der Waals surface area contributed by atoms with E-state index in [-0.39, 0.29) is 16.8 Å². The molecule has 0 aliphatic carbocycles. The maximum atomic E-state index is 12.3. The Morgan fingerprint density at radius 3 is 2.50 bits per heavy atom. The molecule has 0 aliphatic heterocycles. The first-order valence-electron chi connectivity index (χ1n) is 7.18. The van der Waals surface area contributed by atoms with Gasteiger partial charge in [-0.25, -0.2) is 0 Å². The summed E-state index contributed by atoms with van der Waals surface area (Å²) in [5.74, 6) is 0.544. The lowest BCUT2D eigenvalue weighted by Crippen LogP contribution is -2.15. The van der Waals surface area contributed by atoms with Gasteiger partial charge in [0.05, 0.1) is 19.6 Å². The van der Waals surface area contributed by atoms with Crippen LogP contribution in [0.5, 0.6) is 11.5 Å². The molecule has 1 heterocycles. The van der Waals surface area contributed by atoms with Gasteiger partial charge in [0, 0.05) is 23.9 Å². The third-order valence-electron chi connectivity index (χ3n) is 3.49. The van der Waals surface area contributed by atoms with Crippen molar-refractivity contribution in [3.8, 4) is 11.5 Å². The Labute approximate surface area is 137 Å². The number of fused-ring (bicyclic) bond motifs is 1. The van der Waals surface area contributed by atoms with Crippen molar-refractivity contribution in [1.82, 2.24) is 0 Å². The summed E-state index contributed by atoms with van der Waals surface area (Å²) in [7, 11) is 3.05. The Morgan fingerprint density at radius 2 is 1.75 bits per heavy atom.